The lowest BCUT2D eigenvalue weighted by molar-refractivity contribution is -0.119. The maximum Gasteiger partial charge on any atom is 0.338 e. The Bertz CT molecular complexity index is 998. The van der Waals surface area contributed by atoms with Gasteiger partial charge in [-0.3, -0.25) is 9.59 Å². The minimum Gasteiger partial charge on any atom is -0.493 e. The van der Waals surface area contributed by atoms with Crippen LogP contribution in [0.2, 0.25) is 0 Å². The zero-order valence-electron chi connectivity index (χ0n) is 17.8. The number of nitrogens with two attached hydrogens (primary N) is 1. The van der Waals surface area contributed by atoms with E-state index in [-0.39, 0.29) is 5.56 Å². The molecule has 9 heteroatoms. The lowest BCUT2D eigenvalue weighted by Crippen LogP contribution is -2.22. The molecule has 0 aliphatic heterocycles. The molecule has 0 atom stereocenters. The number of hydrogen-bond donors (Lipinski definition) is 2. The number of esters is 1. The molecule has 0 unspecified atom stereocenters. The van der Waals surface area contributed by atoms with Crippen LogP contribution < -0.4 is 20.5 Å². The van der Waals surface area contributed by atoms with Crippen LogP contribution in [0, 0.1) is 5.92 Å². The molecule has 2 amide bonds. The molecule has 0 spiro atoms. The van der Waals surface area contributed by atoms with Gasteiger partial charge in [0.1, 0.15) is 5.00 Å². The summed E-state index contributed by atoms with van der Waals surface area (Å²) in [5, 5.41) is 3.05. The van der Waals surface area contributed by atoms with E-state index >= 15 is 0 Å². The highest BCUT2D eigenvalue weighted by molar-refractivity contribution is 7.17. The van der Waals surface area contributed by atoms with Gasteiger partial charge in [0, 0.05) is 4.88 Å². The maximum atomic E-state index is 12.4. The third-order valence-electron chi connectivity index (χ3n) is 4.73. The quantitative estimate of drug-likeness (QED) is 0.572. The van der Waals surface area contributed by atoms with Crippen molar-refractivity contribution in [3.8, 4) is 11.5 Å². The summed E-state index contributed by atoms with van der Waals surface area (Å²) in [5.41, 5.74) is 7.00. The van der Waals surface area contributed by atoms with Crippen LogP contribution in [-0.2, 0) is 22.4 Å². The zero-order valence-corrected chi connectivity index (χ0v) is 18.6. The summed E-state index contributed by atoms with van der Waals surface area (Å²) in [6.07, 6.45) is 2.61. The first kappa shape index (κ1) is 22.6. The van der Waals surface area contributed by atoms with E-state index in [1.54, 1.807) is 12.1 Å². The summed E-state index contributed by atoms with van der Waals surface area (Å²) in [7, 11) is 1.48. The molecule has 166 valence electrons. The predicted octanol–water partition coefficient (Wildman–Crippen LogP) is 3.17. The highest BCUT2D eigenvalue weighted by Gasteiger charge is 2.26. The van der Waals surface area contributed by atoms with Crippen molar-refractivity contribution in [1.82, 2.24) is 0 Å². The molecule has 1 aliphatic rings. The number of thiophene rings is 1. The van der Waals surface area contributed by atoms with Crippen LogP contribution in [0.25, 0.3) is 0 Å². The Balaban J connectivity index is 1.61. The van der Waals surface area contributed by atoms with Gasteiger partial charge < -0.3 is 25.3 Å². The van der Waals surface area contributed by atoms with Crippen LogP contribution in [0.15, 0.2) is 18.2 Å². The molecule has 8 nitrogen and oxygen atoms in total. The van der Waals surface area contributed by atoms with E-state index in [0.29, 0.717) is 34.6 Å². The number of methoxy groups -OCH3 is 1. The third kappa shape index (κ3) is 5.35. The molecule has 0 radical (unpaired) electrons. The zero-order chi connectivity index (χ0) is 22.5. The van der Waals surface area contributed by atoms with E-state index in [0.717, 1.165) is 29.7 Å². The summed E-state index contributed by atoms with van der Waals surface area (Å²) >= 11 is 1.35. The van der Waals surface area contributed by atoms with Gasteiger partial charge in [0.05, 0.1) is 24.8 Å². The van der Waals surface area contributed by atoms with Crippen LogP contribution in [0.5, 0.6) is 11.5 Å². The van der Waals surface area contributed by atoms with Crippen molar-refractivity contribution in [2.45, 2.75) is 33.1 Å². The number of hydrogen-bond acceptors (Lipinski definition) is 7. The second kappa shape index (κ2) is 9.82. The number of anilines is 1. The number of carbonyl (C=O) groups is 3. The molecule has 31 heavy (non-hydrogen) atoms. The smallest absolute Gasteiger partial charge is 0.338 e. The van der Waals surface area contributed by atoms with Gasteiger partial charge in [-0.05, 0) is 48.9 Å². The highest BCUT2D eigenvalue weighted by Crippen LogP contribution is 2.38. The summed E-state index contributed by atoms with van der Waals surface area (Å²) in [6, 6.07) is 4.68. The molecular weight excluding hydrogens is 420 g/mol. The minimum atomic E-state index is -0.673. The van der Waals surface area contributed by atoms with Crippen molar-refractivity contribution < 1.29 is 28.6 Å². The van der Waals surface area contributed by atoms with E-state index < -0.39 is 24.4 Å². The first-order valence-corrected chi connectivity index (χ1v) is 10.8. The van der Waals surface area contributed by atoms with Gasteiger partial charge in [-0.2, -0.15) is 0 Å². The minimum absolute atomic E-state index is 0.231. The molecule has 1 heterocycles. The number of aryl methyl sites for hydroxylation is 1. The number of primary amides is 1. The summed E-state index contributed by atoms with van der Waals surface area (Å²) in [5.74, 6) is -0.521. The van der Waals surface area contributed by atoms with Crippen molar-refractivity contribution >= 4 is 34.1 Å². The van der Waals surface area contributed by atoms with E-state index in [2.05, 4.69) is 5.32 Å². The second-order valence-corrected chi connectivity index (χ2v) is 8.73. The van der Waals surface area contributed by atoms with Gasteiger partial charge in [-0.15, -0.1) is 11.3 Å². The van der Waals surface area contributed by atoms with Crippen LogP contribution in [0.4, 0.5) is 5.00 Å². The van der Waals surface area contributed by atoms with Crippen molar-refractivity contribution in [3.63, 3.8) is 0 Å². The Morgan fingerprint density at radius 3 is 2.65 bits per heavy atom. The average molecular weight is 447 g/mol. The topological polar surface area (TPSA) is 117 Å². The monoisotopic (exact) mass is 446 g/mol. The summed E-state index contributed by atoms with van der Waals surface area (Å²) in [6.45, 7) is 4.08. The molecule has 1 aromatic carbocycles. The van der Waals surface area contributed by atoms with Crippen LogP contribution in [-0.4, -0.2) is 38.1 Å². The third-order valence-corrected chi connectivity index (χ3v) is 5.93. The number of rotatable bonds is 9. The van der Waals surface area contributed by atoms with Gasteiger partial charge >= 0.3 is 5.97 Å². The van der Waals surface area contributed by atoms with Gasteiger partial charge in [0.15, 0.2) is 18.1 Å². The Kier molecular flexibility index (Phi) is 7.17. The fourth-order valence-corrected chi connectivity index (χ4v) is 4.61. The number of fused-ring (bicyclic) bond motifs is 1. The Morgan fingerprint density at radius 2 is 1.97 bits per heavy atom. The molecule has 0 fully saturated rings. The lowest BCUT2D eigenvalue weighted by atomic mass is 10.1. The average Bonchev–Trinajstić information content (AvgIpc) is 3.30. The number of benzene rings is 1. The fourth-order valence-electron chi connectivity index (χ4n) is 3.30. The molecular formula is C22H26N2O6S. The first-order valence-electron chi connectivity index (χ1n) is 10.0. The molecule has 2 aromatic rings. The van der Waals surface area contributed by atoms with Crippen molar-refractivity contribution in [3.05, 3.63) is 39.8 Å². The lowest BCUT2D eigenvalue weighted by Gasteiger charge is -2.13. The standard InChI is InChI=1S/C22H26N2O6S/c1-12(2)10-29-15-8-7-13(9-16(15)28-3)22(27)30-11-18(25)24-21-19(20(23)26)14-5-4-6-17(14)31-21/h7-9,12H,4-6,10-11H2,1-3H3,(H2,23,26)(H,24,25). The molecule has 0 saturated heterocycles. The Hall–Kier alpha value is -3.07. The van der Waals surface area contributed by atoms with Gasteiger partial charge in [0.25, 0.3) is 11.8 Å². The Morgan fingerprint density at radius 1 is 1.19 bits per heavy atom. The molecule has 0 saturated carbocycles. The van der Waals surface area contributed by atoms with E-state index in [1.165, 1.54) is 24.5 Å². The van der Waals surface area contributed by atoms with Crippen molar-refractivity contribution in [2.75, 3.05) is 25.6 Å². The predicted molar refractivity (Wildman–Crippen MR) is 117 cm³/mol. The van der Waals surface area contributed by atoms with E-state index in [9.17, 15) is 14.4 Å². The van der Waals surface area contributed by atoms with Crippen molar-refractivity contribution in [1.29, 1.82) is 0 Å². The van der Waals surface area contributed by atoms with Gasteiger partial charge in [-0.25, -0.2) is 4.79 Å². The molecule has 3 rings (SSSR count). The van der Waals surface area contributed by atoms with Crippen LogP contribution in [0.3, 0.4) is 0 Å². The van der Waals surface area contributed by atoms with E-state index in [4.69, 9.17) is 19.9 Å². The largest absolute Gasteiger partial charge is 0.493 e. The normalized spacial score (nSPS) is 12.4. The number of ether oxygens (including phenoxy) is 3. The molecule has 1 aliphatic carbocycles. The van der Waals surface area contributed by atoms with E-state index in [1.807, 2.05) is 13.8 Å². The van der Waals surface area contributed by atoms with Gasteiger partial charge in [-0.1, -0.05) is 13.8 Å². The van der Waals surface area contributed by atoms with Gasteiger partial charge in [0.2, 0.25) is 0 Å². The SMILES string of the molecule is COc1cc(C(=O)OCC(=O)Nc2sc3c(c2C(N)=O)CCC3)ccc1OCC(C)C. The van der Waals surface area contributed by atoms with Crippen LogP contribution >= 0.6 is 11.3 Å². The maximum absolute atomic E-state index is 12.4. The number of amides is 2. The number of nitrogens with one attached hydrogen (secondary N) is 1. The number of carbonyl (C=O) groups excluding carboxylic acids is 3. The highest BCUT2D eigenvalue weighted by atomic mass is 32.1. The molecule has 0 bridgehead atoms. The molecule has 1 aromatic heterocycles. The van der Waals surface area contributed by atoms with Crippen molar-refractivity contribution in [2.24, 2.45) is 11.7 Å². The second-order valence-electron chi connectivity index (χ2n) is 7.62. The fraction of sp³-hybridized carbons (Fsp3) is 0.409. The molecule has 3 N–H and O–H groups in total. The first-order chi connectivity index (χ1) is 14.8. The van der Waals surface area contributed by atoms with Crippen LogP contribution in [0.1, 0.15) is 51.4 Å². The summed E-state index contributed by atoms with van der Waals surface area (Å²) in [4.78, 5) is 37.5. The Labute approximate surface area is 184 Å². The summed E-state index contributed by atoms with van der Waals surface area (Å²) < 4.78 is 16.1.